The van der Waals surface area contributed by atoms with E-state index in [-0.39, 0.29) is 16.3 Å². The number of nitrogens with one attached hydrogen (secondary N) is 2. The fourth-order valence-electron chi connectivity index (χ4n) is 3.42. The quantitative estimate of drug-likeness (QED) is 0.178. The molecule has 4 N–H and O–H groups in total. The maximum absolute atomic E-state index is 13.3. The lowest BCUT2D eigenvalue weighted by molar-refractivity contribution is 0.102. The number of nitrogens with zero attached hydrogens (tertiary/aromatic N) is 3. The van der Waals surface area contributed by atoms with Gasteiger partial charge in [0.2, 0.25) is 0 Å². The third kappa shape index (κ3) is 5.22. The van der Waals surface area contributed by atoms with Crippen molar-refractivity contribution in [2.75, 3.05) is 5.32 Å². The molecule has 4 rings (SSSR count). The van der Waals surface area contributed by atoms with Gasteiger partial charge in [-0.3, -0.25) is 9.78 Å². The second kappa shape index (κ2) is 9.82. The minimum Gasteiger partial charge on any atom is -0.320 e. The Bertz CT molecular complexity index is 1520. The molecule has 1 atom stereocenters. The molecule has 1 aromatic heterocycles. The lowest BCUT2D eigenvalue weighted by Crippen LogP contribution is -2.12. The zero-order valence-electron chi connectivity index (χ0n) is 18.6. The number of aromatic nitrogens is 1. The lowest BCUT2D eigenvalue weighted by Gasteiger charge is -2.12. The number of hydrogen-bond acceptors (Lipinski definition) is 6. The second-order valence-corrected chi connectivity index (χ2v) is 9.74. The molecule has 0 bridgehead atoms. The number of rotatable bonds is 6. The van der Waals surface area contributed by atoms with Crippen LogP contribution < -0.4 is 11.2 Å². The van der Waals surface area contributed by atoms with Gasteiger partial charge in [-0.2, -0.15) is 0 Å². The van der Waals surface area contributed by atoms with Gasteiger partial charge in [-0.25, -0.2) is 13.4 Å². The molecule has 0 aliphatic heterocycles. The first-order valence-electron chi connectivity index (χ1n) is 10.4. The molecule has 0 aliphatic carbocycles. The summed E-state index contributed by atoms with van der Waals surface area (Å²) in [5.74, 6) is 4.40. The smallest absolute Gasteiger partial charge is 0.255 e. The van der Waals surface area contributed by atoms with E-state index in [0.717, 1.165) is 16.7 Å². The summed E-state index contributed by atoms with van der Waals surface area (Å²) in [7, 11) is -3.28. The van der Waals surface area contributed by atoms with Crippen LogP contribution in [-0.2, 0) is 9.73 Å². The fraction of sp³-hybridized carbons (Fsp3) is 0.0400. The molecular weight excluding hydrogens is 467 g/mol. The Kier molecular flexibility index (Phi) is 6.65. The van der Waals surface area contributed by atoms with Crippen LogP contribution in [0.4, 0.5) is 15.8 Å². The second-order valence-electron chi connectivity index (χ2n) is 7.69. The third-order valence-corrected chi connectivity index (χ3v) is 7.04. The third-order valence-electron chi connectivity index (χ3n) is 5.22. The Morgan fingerprint density at radius 2 is 1.66 bits per heavy atom. The zero-order valence-corrected chi connectivity index (χ0v) is 19.4. The summed E-state index contributed by atoms with van der Waals surface area (Å²) < 4.78 is 34.8. The molecule has 1 heterocycles. The minimum atomic E-state index is -3.28. The van der Waals surface area contributed by atoms with Crippen molar-refractivity contribution >= 4 is 27.0 Å². The highest BCUT2D eigenvalue weighted by molar-refractivity contribution is 7.92. The van der Waals surface area contributed by atoms with Crippen LogP contribution in [-0.4, -0.2) is 15.1 Å². The normalized spacial score (nSPS) is 12.9. The first-order chi connectivity index (χ1) is 16.8. The van der Waals surface area contributed by atoms with E-state index in [0.29, 0.717) is 16.3 Å². The molecule has 0 spiro atoms. The molecule has 3 aromatic carbocycles. The summed E-state index contributed by atoms with van der Waals surface area (Å²) in [5, 5.41) is 9.93. The summed E-state index contributed by atoms with van der Waals surface area (Å²) in [6.45, 7) is 1.81. The van der Waals surface area contributed by atoms with Gasteiger partial charge in [-0.1, -0.05) is 23.4 Å². The first kappa shape index (κ1) is 23.7. The Morgan fingerprint density at radius 1 is 0.971 bits per heavy atom. The SMILES string of the molecule is Cc1cncc(S(=N)(=O)c2ccc(C(=O)Nc3cc(-c4ccc(F)cc4)ccc3N=NN)cc2)c1. The number of carbonyl (C=O) groups excluding carboxylic acids is 1. The number of pyridine rings is 1. The van der Waals surface area contributed by atoms with Gasteiger partial charge in [-0.05, 0) is 78.2 Å². The molecule has 0 saturated carbocycles. The van der Waals surface area contributed by atoms with Crippen molar-refractivity contribution in [3.63, 3.8) is 0 Å². The maximum atomic E-state index is 13.3. The highest BCUT2D eigenvalue weighted by Gasteiger charge is 2.16. The Hall–Kier alpha value is -4.44. The van der Waals surface area contributed by atoms with E-state index in [1.807, 2.05) is 6.92 Å². The van der Waals surface area contributed by atoms with Gasteiger partial charge in [0.1, 0.15) is 21.2 Å². The van der Waals surface area contributed by atoms with Crippen molar-refractivity contribution in [3.05, 3.63) is 102 Å². The number of nitrogens with two attached hydrogens (primary N) is 1. The molecule has 176 valence electrons. The van der Waals surface area contributed by atoms with E-state index in [2.05, 4.69) is 20.6 Å². The van der Waals surface area contributed by atoms with Crippen molar-refractivity contribution < 1.29 is 13.4 Å². The van der Waals surface area contributed by atoms with Crippen LogP contribution in [0.1, 0.15) is 15.9 Å². The summed E-state index contributed by atoms with van der Waals surface area (Å²) in [5.41, 5.74) is 3.25. The highest BCUT2D eigenvalue weighted by atomic mass is 32.2. The van der Waals surface area contributed by atoms with Gasteiger partial charge in [0.25, 0.3) is 5.91 Å². The number of halogens is 1. The van der Waals surface area contributed by atoms with Crippen LogP contribution in [0.2, 0.25) is 0 Å². The predicted octanol–water partition coefficient (Wildman–Crippen LogP) is 5.87. The van der Waals surface area contributed by atoms with Crippen LogP contribution in [0.15, 0.2) is 105 Å². The van der Waals surface area contributed by atoms with Crippen molar-refractivity contribution in [2.24, 2.45) is 16.2 Å². The van der Waals surface area contributed by atoms with E-state index in [9.17, 15) is 13.4 Å². The van der Waals surface area contributed by atoms with Crippen LogP contribution in [0.3, 0.4) is 0 Å². The van der Waals surface area contributed by atoms with E-state index < -0.39 is 15.6 Å². The summed E-state index contributed by atoms with van der Waals surface area (Å²) in [6.07, 6.45) is 3.03. The molecule has 1 amide bonds. The Labute approximate surface area is 201 Å². The zero-order chi connectivity index (χ0) is 25.0. The average molecular weight is 489 g/mol. The van der Waals surface area contributed by atoms with Crippen molar-refractivity contribution in [2.45, 2.75) is 16.7 Å². The standard InChI is InChI=1S/C25H21FN6O2S/c1-16-12-22(15-29-14-16)35(28,34)21-9-4-18(5-10-21)25(33)30-24-13-19(6-11-23(24)31-32-27)17-2-7-20(26)8-3-17/h2-15,28H,1H3,(H2,27,31)(H,30,33). The van der Waals surface area contributed by atoms with Crippen LogP contribution in [0, 0.1) is 17.5 Å². The molecule has 0 fully saturated rings. The molecule has 10 heteroatoms. The monoisotopic (exact) mass is 488 g/mol. The van der Waals surface area contributed by atoms with Gasteiger partial charge in [0.05, 0.1) is 15.5 Å². The van der Waals surface area contributed by atoms with Gasteiger partial charge < -0.3 is 11.2 Å². The van der Waals surface area contributed by atoms with E-state index in [4.69, 9.17) is 10.6 Å². The van der Waals surface area contributed by atoms with Crippen LogP contribution >= 0.6 is 0 Å². The summed E-state index contributed by atoms with van der Waals surface area (Å²) >= 11 is 0. The van der Waals surface area contributed by atoms with Gasteiger partial charge >= 0.3 is 0 Å². The fourth-order valence-corrected chi connectivity index (χ4v) is 4.77. The molecule has 1 unspecified atom stereocenters. The van der Waals surface area contributed by atoms with Gasteiger partial charge in [0, 0.05) is 18.0 Å². The van der Waals surface area contributed by atoms with E-state index >= 15 is 0 Å². The summed E-state index contributed by atoms with van der Waals surface area (Å²) in [4.78, 5) is 17.5. The van der Waals surface area contributed by atoms with E-state index in [1.165, 1.54) is 42.6 Å². The van der Waals surface area contributed by atoms with Crippen molar-refractivity contribution in [3.8, 4) is 11.1 Å². The number of amides is 1. The van der Waals surface area contributed by atoms with Crippen molar-refractivity contribution in [1.82, 2.24) is 4.98 Å². The van der Waals surface area contributed by atoms with Crippen molar-refractivity contribution in [1.29, 1.82) is 4.78 Å². The number of aryl methyl sites for hydroxylation is 1. The first-order valence-corrected chi connectivity index (χ1v) is 12.0. The molecule has 8 nitrogen and oxygen atoms in total. The number of carbonyl (C=O) groups is 1. The topological polar surface area (TPSA) is 134 Å². The number of anilines is 1. The number of benzene rings is 3. The molecule has 35 heavy (non-hydrogen) atoms. The highest BCUT2D eigenvalue weighted by Crippen LogP contribution is 2.32. The molecule has 0 saturated heterocycles. The Morgan fingerprint density at radius 3 is 2.31 bits per heavy atom. The molecular formula is C25H21FN6O2S. The molecule has 0 aliphatic rings. The minimum absolute atomic E-state index is 0.261. The average Bonchev–Trinajstić information content (AvgIpc) is 2.86. The largest absolute Gasteiger partial charge is 0.320 e. The number of hydrogen-bond donors (Lipinski definition) is 3. The lowest BCUT2D eigenvalue weighted by atomic mass is 10.0. The van der Waals surface area contributed by atoms with Crippen LogP contribution in [0.5, 0.6) is 0 Å². The molecule has 0 radical (unpaired) electrons. The Balaban J connectivity index is 1.60. The molecule has 4 aromatic rings. The van der Waals surface area contributed by atoms with Crippen LogP contribution in [0.25, 0.3) is 11.1 Å². The predicted molar refractivity (Wildman–Crippen MR) is 131 cm³/mol. The summed E-state index contributed by atoms with van der Waals surface area (Å²) in [6, 6.07) is 18.7. The van der Waals surface area contributed by atoms with Gasteiger partial charge in [0.15, 0.2) is 0 Å². The van der Waals surface area contributed by atoms with Gasteiger partial charge in [-0.15, -0.1) is 5.11 Å². The van der Waals surface area contributed by atoms with E-state index in [1.54, 1.807) is 42.6 Å². The maximum Gasteiger partial charge on any atom is 0.255 e.